The molecule has 0 aromatic heterocycles. The van der Waals surface area contributed by atoms with E-state index >= 15 is 0 Å². The summed E-state index contributed by atoms with van der Waals surface area (Å²) >= 11 is 0. The van der Waals surface area contributed by atoms with Crippen molar-refractivity contribution in [1.29, 1.82) is 0 Å². The number of fused-ring (bicyclic) bond motifs is 3. The number of rotatable bonds is 4. The quantitative estimate of drug-likeness (QED) is 0.867. The molecule has 2 aliphatic heterocycles. The van der Waals surface area contributed by atoms with Crippen molar-refractivity contribution in [1.82, 2.24) is 10.2 Å². The maximum atomic E-state index is 11.9. The van der Waals surface area contributed by atoms with E-state index in [1.165, 1.54) is 11.3 Å². The van der Waals surface area contributed by atoms with Crippen LogP contribution in [0.25, 0.3) is 0 Å². The molecule has 1 N–H and O–H groups in total. The van der Waals surface area contributed by atoms with Gasteiger partial charge in [-0.15, -0.1) is 0 Å². The number of anilines is 1. The largest absolute Gasteiger partial charge is 0.412 e. The lowest BCUT2D eigenvalue weighted by atomic mass is 9.81. The summed E-state index contributed by atoms with van der Waals surface area (Å²) in [5, 5.41) is 2.79. The molecule has 23 heavy (non-hydrogen) atoms. The van der Waals surface area contributed by atoms with Gasteiger partial charge < -0.3 is 15.0 Å². The maximum Gasteiger partial charge on any atom is 0.412 e. The number of nitrogens with zero attached hydrogens (tertiary/aromatic N) is 2. The van der Waals surface area contributed by atoms with Crippen LogP contribution >= 0.6 is 0 Å². The fraction of sp³-hybridized carbons (Fsp3) is 0.611. The first-order valence-electron chi connectivity index (χ1n) is 8.50. The van der Waals surface area contributed by atoms with Crippen molar-refractivity contribution in [3.05, 3.63) is 23.8 Å². The van der Waals surface area contributed by atoms with Gasteiger partial charge in [0, 0.05) is 31.2 Å². The van der Waals surface area contributed by atoms with Crippen molar-refractivity contribution >= 4 is 11.8 Å². The van der Waals surface area contributed by atoms with Gasteiger partial charge in [-0.2, -0.15) is 0 Å². The maximum absolute atomic E-state index is 11.9. The van der Waals surface area contributed by atoms with Crippen molar-refractivity contribution in [2.75, 3.05) is 32.1 Å². The van der Waals surface area contributed by atoms with Gasteiger partial charge in [0.05, 0.1) is 6.17 Å². The van der Waals surface area contributed by atoms with Crippen LogP contribution in [0.15, 0.2) is 18.2 Å². The van der Waals surface area contributed by atoms with Crippen LogP contribution in [-0.4, -0.2) is 44.3 Å². The molecular weight excluding hydrogens is 290 g/mol. The third-order valence-corrected chi connectivity index (χ3v) is 5.31. The average molecular weight is 317 g/mol. The molecule has 0 spiro atoms. The average Bonchev–Trinajstić information content (AvgIpc) is 2.93. The summed E-state index contributed by atoms with van der Waals surface area (Å²) in [6.07, 6.45) is 3.16. The topological polar surface area (TPSA) is 44.8 Å². The number of hydrogen-bond acceptors (Lipinski definition) is 4. The van der Waals surface area contributed by atoms with Crippen LogP contribution in [0.5, 0.6) is 5.75 Å². The van der Waals surface area contributed by atoms with Gasteiger partial charge in [-0.1, -0.05) is 20.3 Å². The Morgan fingerprint density at radius 3 is 2.96 bits per heavy atom. The van der Waals surface area contributed by atoms with Gasteiger partial charge in [-0.25, -0.2) is 4.79 Å². The van der Waals surface area contributed by atoms with Crippen molar-refractivity contribution < 1.29 is 9.53 Å². The van der Waals surface area contributed by atoms with E-state index in [4.69, 9.17) is 4.74 Å². The molecule has 0 aliphatic carbocycles. The zero-order valence-corrected chi connectivity index (χ0v) is 14.6. The molecule has 2 aliphatic rings. The van der Waals surface area contributed by atoms with E-state index in [-0.39, 0.29) is 11.5 Å². The fourth-order valence-corrected chi connectivity index (χ4v) is 4.13. The molecule has 1 amide bonds. The van der Waals surface area contributed by atoms with E-state index < -0.39 is 0 Å². The molecule has 5 nitrogen and oxygen atoms in total. The molecule has 1 aromatic rings. The summed E-state index contributed by atoms with van der Waals surface area (Å²) in [6.45, 7) is 6.16. The molecule has 0 saturated carbocycles. The van der Waals surface area contributed by atoms with Crippen LogP contribution in [0, 0.1) is 0 Å². The normalized spacial score (nSPS) is 26.1. The number of carbonyl (C=O) groups is 1. The standard InChI is InChI=1S/C18H27N3O2/c1-5-6-10-19-17(22)23-13-7-8-15-14(12-13)18(2)9-11-20(3)16(18)21(15)4/h7-8,12,16H,5-6,9-11H2,1-4H3,(H,19,22)/t16?,18-/m0/s1. The first-order chi connectivity index (χ1) is 11.0. The van der Waals surface area contributed by atoms with E-state index in [0.29, 0.717) is 18.5 Å². The predicted octanol–water partition coefficient (Wildman–Crippen LogP) is 2.94. The van der Waals surface area contributed by atoms with E-state index in [1.807, 2.05) is 12.1 Å². The van der Waals surface area contributed by atoms with Crippen molar-refractivity contribution in [3.63, 3.8) is 0 Å². The molecule has 5 heteroatoms. The van der Waals surface area contributed by atoms with Gasteiger partial charge in [0.25, 0.3) is 0 Å². The van der Waals surface area contributed by atoms with Gasteiger partial charge in [0.15, 0.2) is 0 Å². The third kappa shape index (κ3) is 2.67. The Hall–Kier alpha value is -1.75. The fourth-order valence-electron chi connectivity index (χ4n) is 4.13. The molecule has 1 unspecified atom stereocenters. The molecule has 1 fully saturated rings. The zero-order chi connectivity index (χ0) is 16.6. The highest BCUT2D eigenvalue weighted by atomic mass is 16.6. The second-order valence-electron chi connectivity index (χ2n) is 6.98. The Bertz CT molecular complexity index is 604. The number of carbonyl (C=O) groups excluding carboxylic acids is 1. The predicted molar refractivity (Wildman–Crippen MR) is 92.2 cm³/mol. The van der Waals surface area contributed by atoms with Gasteiger partial charge in [-0.3, -0.25) is 4.90 Å². The first kappa shape index (κ1) is 16.1. The monoisotopic (exact) mass is 317 g/mol. The number of likely N-dealkylation sites (tertiary alicyclic amines) is 1. The molecule has 0 radical (unpaired) electrons. The lowest BCUT2D eigenvalue weighted by Crippen LogP contribution is -2.45. The highest BCUT2D eigenvalue weighted by molar-refractivity contribution is 5.72. The summed E-state index contributed by atoms with van der Waals surface area (Å²) in [7, 11) is 4.32. The van der Waals surface area contributed by atoms with Gasteiger partial charge in [-0.05, 0) is 43.7 Å². The smallest absolute Gasteiger partial charge is 0.410 e. The van der Waals surface area contributed by atoms with Gasteiger partial charge in [0.1, 0.15) is 5.75 Å². The number of likely N-dealkylation sites (N-methyl/N-ethyl adjacent to an activating group) is 2. The number of unbranched alkanes of at least 4 members (excludes halogenated alkanes) is 1. The number of amides is 1. The van der Waals surface area contributed by atoms with Crippen LogP contribution in [-0.2, 0) is 5.41 Å². The highest BCUT2D eigenvalue weighted by Crippen LogP contribution is 2.51. The Kier molecular flexibility index (Phi) is 4.23. The number of benzene rings is 1. The van der Waals surface area contributed by atoms with Gasteiger partial charge in [0.2, 0.25) is 0 Å². The SMILES string of the molecule is CCCCNC(=O)Oc1ccc2c(c1)[C@]1(C)CCN(C)C1N2C. The van der Waals surface area contributed by atoms with Crippen LogP contribution in [0.4, 0.5) is 10.5 Å². The van der Waals surface area contributed by atoms with E-state index in [0.717, 1.165) is 25.8 Å². The molecule has 2 heterocycles. The summed E-state index contributed by atoms with van der Waals surface area (Å²) < 4.78 is 5.46. The molecule has 126 valence electrons. The second kappa shape index (κ2) is 6.04. The third-order valence-electron chi connectivity index (χ3n) is 5.31. The molecule has 1 saturated heterocycles. The summed E-state index contributed by atoms with van der Waals surface area (Å²) in [5.74, 6) is 0.627. The van der Waals surface area contributed by atoms with E-state index in [9.17, 15) is 4.79 Å². The Morgan fingerprint density at radius 1 is 1.43 bits per heavy atom. The molecular formula is C18H27N3O2. The van der Waals surface area contributed by atoms with Crippen LogP contribution in [0.2, 0.25) is 0 Å². The Morgan fingerprint density at radius 2 is 2.22 bits per heavy atom. The second-order valence-corrected chi connectivity index (χ2v) is 6.98. The minimum Gasteiger partial charge on any atom is -0.410 e. The van der Waals surface area contributed by atoms with Crippen molar-refractivity contribution in [2.24, 2.45) is 0 Å². The summed E-state index contributed by atoms with van der Waals surface area (Å²) in [4.78, 5) is 16.6. The highest BCUT2D eigenvalue weighted by Gasteiger charge is 2.52. The van der Waals surface area contributed by atoms with E-state index in [2.05, 4.69) is 49.1 Å². The summed E-state index contributed by atoms with van der Waals surface area (Å²) in [5.41, 5.74) is 2.62. The lowest BCUT2D eigenvalue weighted by Gasteiger charge is -2.32. The van der Waals surface area contributed by atoms with Crippen molar-refractivity contribution in [3.8, 4) is 5.75 Å². The van der Waals surface area contributed by atoms with Crippen LogP contribution < -0.4 is 15.0 Å². The number of hydrogen-bond donors (Lipinski definition) is 1. The number of ether oxygens (including phenoxy) is 1. The summed E-state index contributed by atoms with van der Waals surface area (Å²) in [6, 6.07) is 6.00. The van der Waals surface area contributed by atoms with Crippen LogP contribution in [0.1, 0.15) is 38.7 Å². The first-order valence-corrected chi connectivity index (χ1v) is 8.50. The molecule has 1 aromatic carbocycles. The Balaban J connectivity index is 1.78. The Labute approximate surface area is 138 Å². The van der Waals surface area contributed by atoms with E-state index in [1.54, 1.807) is 0 Å². The number of nitrogens with one attached hydrogen (secondary N) is 1. The molecule has 3 rings (SSSR count). The van der Waals surface area contributed by atoms with Crippen LogP contribution in [0.3, 0.4) is 0 Å². The molecule has 0 bridgehead atoms. The minimum atomic E-state index is -0.366. The lowest BCUT2D eigenvalue weighted by molar-refractivity contribution is 0.200. The van der Waals surface area contributed by atoms with Crippen molar-refractivity contribution in [2.45, 2.75) is 44.7 Å². The molecule has 2 atom stereocenters. The zero-order valence-electron chi connectivity index (χ0n) is 14.6. The minimum absolute atomic E-state index is 0.0941. The van der Waals surface area contributed by atoms with Gasteiger partial charge >= 0.3 is 6.09 Å².